The lowest BCUT2D eigenvalue weighted by molar-refractivity contribution is 0.102. The highest BCUT2D eigenvalue weighted by molar-refractivity contribution is 7.89. The largest absolute Gasteiger partial charge is 0.393 e. The van der Waals surface area contributed by atoms with Gasteiger partial charge in [0.15, 0.2) is 0 Å². The number of hydrogen-bond acceptors (Lipinski definition) is 3. The number of rotatable bonds is 6. The molecule has 1 aliphatic carbocycles. The fraction of sp³-hybridized carbons (Fsp3) is 0.625. The molecule has 118 valence electrons. The van der Waals surface area contributed by atoms with E-state index in [0.29, 0.717) is 17.9 Å². The molecule has 1 aliphatic rings. The van der Waals surface area contributed by atoms with Crippen LogP contribution in [0.4, 0.5) is 0 Å². The third kappa shape index (κ3) is 4.80. The zero-order chi connectivity index (χ0) is 15.3. The first-order valence-corrected chi connectivity index (χ1v) is 9.26. The lowest BCUT2D eigenvalue weighted by Gasteiger charge is -2.25. The number of aliphatic hydroxyl groups is 1. The second kappa shape index (κ2) is 7.38. The molecule has 1 aromatic rings. The molecule has 0 saturated heterocycles. The van der Waals surface area contributed by atoms with Crippen LogP contribution in [0.5, 0.6) is 0 Å². The van der Waals surface area contributed by atoms with Gasteiger partial charge in [-0.3, -0.25) is 0 Å². The molecule has 0 radical (unpaired) electrons. The topological polar surface area (TPSA) is 66.4 Å². The zero-order valence-corrected chi connectivity index (χ0v) is 13.4. The van der Waals surface area contributed by atoms with Crippen molar-refractivity contribution in [2.24, 2.45) is 5.92 Å². The highest BCUT2D eigenvalue weighted by atomic mass is 32.2. The van der Waals surface area contributed by atoms with Crippen molar-refractivity contribution in [2.45, 2.75) is 56.4 Å². The Balaban J connectivity index is 1.94. The summed E-state index contributed by atoms with van der Waals surface area (Å²) in [5.41, 5.74) is 1.16. The van der Waals surface area contributed by atoms with Gasteiger partial charge in [-0.05, 0) is 49.3 Å². The monoisotopic (exact) mass is 311 g/mol. The average Bonchev–Trinajstić information content (AvgIpc) is 2.46. The lowest BCUT2D eigenvalue weighted by Crippen LogP contribution is -2.33. The Bertz CT molecular complexity index is 539. The highest BCUT2D eigenvalue weighted by Crippen LogP contribution is 2.24. The van der Waals surface area contributed by atoms with Crippen molar-refractivity contribution in [1.29, 1.82) is 0 Å². The van der Waals surface area contributed by atoms with Crippen LogP contribution in [0.15, 0.2) is 29.2 Å². The molecule has 4 nitrogen and oxygen atoms in total. The van der Waals surface area contributed by atoms with E-state index in [1.54, 1.807) is 12.1 Å². The first-order chi connectivity index (χ1) is 10.0. The van der Waals surface area contributed by atoms with Gasteiger partial charge < -0.3 is 5.11 Å². The average molecular weight is 311 g/mol. The Morgan fingerprint density at radius 2 is 1.95 bits per heavy atom. The summed E-state index contributed by atoms with van der Waals surface area (Å²) < 4.78 is 27.2. The van der Waals surface area contributed by atoms with E-state index in [-0.39, 0.29) is 12.0 Å². The van der Waals surface area contributed by atoms with E-state index < -0.39 is 10.0 Å². The van der Waals surface area contributed by atoms with E-state index in [0.717, 1.165) is 37.7 Å². The van der Waals surface area contributed by atoms with Crippen LogP contribution in [-0.2, 0) is 16.4 Å². The molecule has 0 spiro atoms. The Labute approximate surface area is 127 Å². The van der Waals surface area contributed by atoms with Crippen molar-refractivity contribution in [1.82, 2.24) is 4.72 Å². The van der Waals surface area contributed by atoms with Crippen LogP contribution >= 0.6 is 0 Å². The second-order valence-electron chi connectivity index (χ2n) is 5.93. The Morgan fingerprint density at radius 1 is 1.24 bits per heavy atom. The quantitative estimate of drug-likeness (QED) is 0.848. The van der Waals surface area contributed by atoms with E-state index in [4.69, 9.17) is 0 Å². The molecule has 21 heavy (non-hydrogen) atoms. The van der Waals surface area contributed by atoms with Gasteiger partial charge in [0.1, 0.15) is 0 Å². The maximum atomic E-state index is 12.3. The molecule has 0 aliphatic heterocycles. The summed E-state index contributed by atoms with van der Waals surface area (Å²) in [5, 5.41) is 9.63. The molecule has 1 aromatic carbocycles. The molecule has 5 heteroatoms. The molecule has 0 aromatic heterocycles. The normalized spacial score (nSPS) is 23.1. The maximum absolute atomic E-state index is 12.3. The van der Waals surface area contributed by atoms with Crippen molar-refractivity contribution in [3.05, 3.63) is 29.8 Å². The minimum atomic E-state index is -3.44. The Kier molecular flexibility index (Phi) is 5.79. The molecule has 1 saturated carbocycles. The summed E-state index contributed by atoms with van der Waals surface area (Å²) in [6.45, 7) is 2.51. The molecule has 0 bridgehead atoms. The van der Waals surface area contributed by atoms with Crippen LogP contribution in [0.2, 0.25) is 0 Å². The van der Waals surface area contributed by atoms with Crippen LogP contribution < -0.4 is 4.72 Å². The third-order valence-electron chi connectivity index (χ3n) is 4.09. The summed E-state index contributed by atoms with van der Waals surface area (Å²) in [5.74, 6) is 0.239. The number of sulfonamides is 1. The summed E-state index contributed by atoms with van der Waals surface area (Å²) in [7, 11) is -3.44. The molecule has 0 amide bonds. The fourth-order valence-corrected chi connectivity index (χ4v) is 4.00. The zero-order valence-electron chi connectivity index (χ0n) is 12.6. The minimum Gasteiger partial charge on any atom is -0.393 e. The minimum absolute atomic E-state index is 0.239. The van der Waals surface area contributed by atoms with E-state index in [2.05, 4.69) is 11.6 Å². The van der Waals surface area contributed by atoms with Crippen molar-refractivity contribution in [3.8, 4) is 0 Å². The number of benzene rings is 1. The third-order valence-corrected chi connectivity index (χ3v) is 5.53. The molecular weight excluding hydrogens is 286 g/mol. The van der Waals surface area contributed by atoms with E-state index >= 15 is 0 Å². The van der Waals surface area contributed by atoms with E-state index in [1.165, 1.54) is 0 Å². The van der Waals surface area contributed by atoms with Gasteiger partial charge in [0.2, 0.25) is 10.0 Å². The Hall–Kier alpha value is -0.910. The van der Waals surface area contributed by atoms with E-state index in [9.17, 15) is 13.5 Å². The summed E-state index contributed by atoms with van der Waals surface area (Å²) in [4.78, 5) is 0.318. The molecule has 2 atom stereocenters. The molecule has 1 fully saturated rings. The first-order valence-electron chi connectivity index (χ1n) is 7.78. The van der Waals surface area contributed by atoms with Gasteiger partial charge in [0, 0.05) is 6.54 Å². The number of aryl methyl sites for hydroxylation is 1. The van der Waals surface area contributed by atoms with Crippen molar-refractivity contribution < 1.29 is 13.5 Å². The standard InChI is InChI=1S/C16H25NO3S/c1-2-4-13-7-9-16(10-8-13)21(19,20)17-12-14-5-3-6-15(18)11-14/h7-10,14-15,17-18H,2-6,11-12H2,1H3. The first kappa shape index (κ1) is 16.5. The van der Waals surface area contributed by atoms with Crippen LogP contribution in [0.1, 0.15) is 44.6 Å². The number of aliphatic hydroxyl groups excluding tert-OH is 1. The van der Waals surface area contributed by atoms with Crippen LogP contribution in [0.25, 0.3) is 0 Å². The molecule has 2 N–H and O–H groups in total. The van der Waals surface area contributed by atoms with Crippen LogP contribution in [0, 0.1) is 5.92 Å². The Morgan fingerprint density at radius 3 is 2.57 bits per heavy atom. The van der Waals surface area contributed by atoms with Gasteiger partial charge in [-0.25, -0.2) is 13.1 Å². The van der Waals surface area contributed by atoms with Gasteiger partial charge >= 0.3 is 0 Å². The smallest absolute Gasteiger partial charge is 0.240 e. The van der Waals surface area contributed by atoms with Gasteiger partial charge in [-0.1, -0.05) is 31.9 Å². The van der Waals surface area contributed by atoms with Crippen LogP contribution in [0.3, 0.4) is 0 Å². The summed E-state index contributed by atoms with van der Waals surface area (Å²) in [6, 6.07) is 7.09. The van der Waals surface area contributed by atoms with Crippen molar-refractivity contribution >= 4 is 10.0 Å². The summed E-state index contributed by atoms with van der Waals surface area (Å²) in [6.07, 6.45) is 5.22. The highest BCUT2D eigenvalue weighted by Gasteiger charge is 2.22. The molecule has 0 heterocycles. The SMILES string of the molecule is CCCc1ccc(S(=O)(=O)NCC2CCCC(O)C2)cc1. The fourth-order valence-electron chi connectivity index (χ4n) is 2.88. The lowest BCUT2D eigenvalue weighted by atomic mass is 9.87. The molecule has 2 rings (SSSR count). The van der Waals surface area contributed by atoms with Gasteiger partial charge in [-0.2, -0.15) is 0 Å². The van der Waals surface area contributed by atoms with Crippen molar-refractivity contribution in [3.63, 3.8) is 0 Å². The molecule has 2 unspecified atom stereocenters. The van der Waals surface area contributed by atoms with Crippen molar-refractivity contribution in [2.75, 3.05) is 6.54 Å². The van der Waals surface area contributed by atoms with Crippen LogP contribution in [-0.4, -0.2) is 26.2 Å². The maximum Gasteiger partial charge on any atom is 0.240 e. The number of nitrogens with one attached hydrogen (secondary N) is 1. The van der Waals surface area contributed by atoms with Gasteiger partial charge in [0.05, 0.1) is 11.0 Å². The van der Waals surface area contributed by atoms with E-state index in [1.807, 2.05) is 12.1 Å². The summed E-state index contributed by atoms with van der Waals surface area (Å²) >= 11 is 0. The van der Waals surface area contributed by atoms with Gasteiger partial charge in [-0.15, -0.1) is 0 Å². The predicted molar refractivity (Wildman–Crippen MR) is 83.6 cm³/mol. The predicted octanol–water partition coefficient (Wildman–Crippen LogP) is 2.47. The number of hydrogen-bond donors (Lipinski definition) is 2. The molecular formula is C16H25NO3S. The second-order valence-corrected chi connectivity index (χ2v) is 7.70. The van der Waals surface area contributed by atoms with Gasteiger partial charge in [0.25, 0.3) is 0 Å².